The number of carbonyl (C=O) groups is 1. The molecule has 1 aliphatic heterocycles. The fourth-order valence-corrected chi connectivity index (χ4v) is 2.07. The summed E-state index contributed by atoms with van der Waals surface area (Å²) in [6.07, 6.45) is 4.10. The van der Waals surface area contributed by atoms with E-state index in [1.807, 2.05) is 29.2 Å². The summed E-state index contributed by atoms with van der Waals surface area (Å²) >= 11 is 0. The monoisotopic (exact) mass is 185 g/mol. The lowest BCUT2D eigenvalue weighted by molar-refractivity contribution is -0.152. The van der Waals surface area contributed by atoms with Gasteiger partial charge in [0.25, 0.3) is 0 Å². The molecular formula is C12H11NO. The van der Waals surface area contributed by atoms with Crippen LogP contribution in [0.15, 0.2) is 42.5 Å². The molecule has 1 fully saturated rings. The normalized spacial score (nSPS) is 28.0. The molecule has 0 spiro atoms. The van der Waals surface area contributed by atoms with Gasteiger partial charge in [-0.1, -0.05) is 42.5 Å². The zero-order valence-corrected chi connectivity index (χ0v) is 7.76. The van der Waals surface area contributed by atoms with Gasteiger partial charge in [0, 0.05) is 6.54 Å². The third-order valence-electron chi connectivity index (χ3n) is 3.01. The SMILES string of the molecule is O=C1[C@@H]2C=C[C@@H]2N1Cc1ccccc1. The van der Waals surface area contributed by atoms with Crippen LogP contribution in [0.3, 0.4) is 0 Å². The first-order chi connectivity index (χ1) is 6.86. The van der Waals surface area contributed by atoms with Crippen LogP contribution in [0.4, 0.5) is 0 Å². The minimum Gasteiger partial charge on any atom is -0.330 e. The topological polar surface area (TPSA) is 20.3 Å². The molecule has 2 heteroatoms. The van der Waals surface area contributed by atoms with Gasteiger partial charge < -0.3 is 4.90 Å². The summed E-state index contributed by atoms with van der Waals surface area (Å²) in [5, 5.41) is 0. The lowest BCUT2D eigenvalue weighted by atomic mass is 9.78. The highest BCUT2D eigenvalue weighted by Gasteiger charge is 2.48. The van der Waals surface area contributed by atoms with E-state index in [-0.39, 0.29) is 11.8 Å². The molecule has 1 aliphatic carbocycles. The van der Waals surface area contributed by atoms with Crippen LogP contribution in [-0.2, 0) is 11.3 Å². The number of carbonyl (C=O) groups excluding carboxylic acids is 1. The Kier molecular flexibility index (Phi) is 1.51. The number of fused-ring (bicyclic) bond motifs is 1. The van der Waals surface area contributed by atoms with Gasteiger partial charge in [-0.05, 0) is 5.56 Å². The number of amides is 1. The van der Waals surface area contributed by atoms with Crippen molar-refractivity contribution >= 4 is 5.91 Å². The van der Waals surface area contributed by atoms with E-state index in [2.05, 4.69) is 18.2 Å². The van der Waals surface area contributed by atoms with E-state index in [1.165, 1.54) is 5.56 Å². The molecule has 0 radical (unpaired) electrons. The quantitative estimate of drug-likeness (QED) is 0.506. The number of rotatable bonds is 2. The van der Waals surface area contributed by atoms with Crippen molar-refractivity contribution in [2.45, 2.75) is 12.6 Å². The van der Waals surface area contributed by atoms with Crippen molar-refractivity contribution in [1.29, 1.82) is 0 Å². The van der Waals surface area contributed by atoms with E-state index in [4.69, 9.17) is 0 Å². The average Bonchev–Trinajstić information content (AvgIpc) is 2.17. The largest absolute Gasteiger partial charge is 0.330 e. The molecular weight excluding hydrogens is 174 g/mol. The molecule has 3 rings (SSSR count). The molecule has 0 saturated carbocycles. The second kappa shape index (κ2) is 2.71. The second-order valence-corrected chi connectivity index (χ2v) is 3.85. The Morgan fingerprint density at radius 1 is 1.14 bits per heavy atom. The Morgan fingerprint density at radius 3 is 2.50 bits per heavy atom. The maximum Gasteiger partial charge on any atom is 0.232 e. The summed E-state index contributed by atoms with van der Waals surface area (Å²) < 4.78 is 0. The number of β-lactam (4-membered cyclic amide) rings is 1. The van der Waals surface area contributed by atoms with Crippen LogP contribution in [0.2, 0.25) is 0 Å². The number of nitrogens with zero attached hydrogens (tertiary/aromatic N) is 1. The molecule has 1 heterocycles. The van der Waals surface area contributed by atoms with Crippen LogP contribution < -0.4 is 0 Å². The summed E-state index contributed by atoms with van der Waals surface area (Å²) in [6, 6.07) is 10.5. The molecule has 2 nitrogen and oxygen atoms in total. The third kappa shape index (κ3) is 0.939. The maximum atomic E-state index is 11.5. The standard InChI is InChI=1S/C12H11NO/c14-12-10-6-7-11(10)13(12)8-9-4-2-1-3-5-9/h1-7,10-11H,8H2/t10-,11+/m1/s1. The molecule has 0 N–H and O–H groups in total. The first-order valence-corrected chi connectivity index (χ1v) is 4.89. The predicted octanol–water partition coefficient (Wildman–Crippen LogP) is 1.58. The minimum atomic E-state index is 0.207. The van der Waals surface area contributed by atoms with Crippen LogP contribution in [0.5, 0.6) is 0 Å². The molecule has 1 aromatic carbocycles. The minimum absolute atomic E-state index is 0.207. The van der Waals surface area contributed by atoms with E-state index < -0.39 is 0 Å². The van der Waals surface area contributed by atoms with Gasteiger partial charge in [0.15, 0.2) is 0 Å². The van der Waals surface area contributed by atoms with Crippen molar-refractivity contribution < 1.29 is 4.79 Å². The predicted molar refractivity (Wildman–Crippen MR) is 53.4 cm³/mol. The fraction of sp³-hybridized carbons (Fsp3) is 0.250. The zero-order valence-electron chi connectivity index (χ0n) is 7.76. The van der Waals surface area contributed by atoms with Crippen LogP contribution in [0, 0.1) is 5.92 Å². The molecule has 2 atom stereocenters. The lowest BCUT2D eigenvalue weighted by Gasteiger charge is -2.49. The number of hydrogen-bond donors (Lipinski definition) is 0. The van der Waals surface area contributed by atoms with Gasteiger partial charge in [-0.15, -0.1) is 0 Å². The van der Waals surface area contributed by atoms with Crippen molar-refractivity contribution in [2.75, 3.05) is 0 Å². The van der Waals surface area contributed by atoms with E-state index in [0.29, 0.717) is 6.04 Å². The highest BCUT2D eigenvalue weighted by Crippen LogP contribution is 2.37. The van der Waals surface area contributed by atoms with Crippen molar-refractivity contribution in [1.82, 2.24) is 4.90 Å². The molecule has 1 saturated heterocycles. The van der Waals surface area contributed by atoms with Gasteiger partial charge >= 0.3 is 0 Å². The molecule has 1 aromatic rings. The van der Waals surface area contributed by atoms with E-state index in [9.17, 15) is 4.79 Å². The maximum absolute atomic E-state index is 11.5. The van der Waals surface area contributed by atoms with Gasteiger partial charge in [-0.2, -0.15) is 0 Å². The van der Waals surface area contributed by atoms with Crippen LogP contribution in [0.25, 0.3) is 0 Å². The van der Waals surface area contributed by atoms with Crippen LogP contribution in [0.1, 0.15) is 5.56 Å². The highest BCUT2D eigenvalue weighted by molar-refractivity contribution is 5.90. The number of hydrogen-bond acceptors (Lipinski definition) is 1. The van der Waals surface area contributed by atoms with Gasteiger partial charge in [-0.3, -0.25) is 4.79 Å². The average molecular weight is 185 g/mol. The summed E-state index contributed by atoms with van der Waals surface area (Å²) in [6.45, 7) is 0.755. The van der Waals surface area contributed by atoms with Crippen molar-refractivity contribution in [3.8, 4) is 0 Å². The van der Waals surface area contributed by atoms with Crippen molar-refractivity contribution in [3.05, 3.63) is 48.0 Å². The van der Waals surface area contributed by atoms with Gasteiger partial charge in [0.2, 0.25) is 5.91 Å². The first kappa shape index (κ1) is 7.80. The lowest BCUT2D eigenvalue weighted by Crippen LogP contribution is -2.62. The van der Waals surface area contributed by atoms with Crippen LogP contribution in [-0.4, -0.2) is 16.8 Å². The van der Waals surface area contributed by atoms with E-state index in [0.717, 1.165) is 6.54 Å². The fourth-order valence-electron chi connectivity index (χ4n) is 2.07. The molecule has 14 heavy (non-hydrogen) atoms. The molecule has 1 amide bonds. The van der Waals surface area contributed by atoms with Gasteiger partial charge in [0.1, 0.15) is 0 Å². The summed E-state index contributed by atoms with van der Waals surface area (Å²) in [5.41, 5.74) is 1.21. The summed E-state index contributed by atoms with van der Waals surface area (Å²) in [7, 11) is 0. The molecule has 0 aromatic heterocycles. The molecule has 0 bridgehead atoms. The van der Waals surface area contributed by atoms with Crippen molar-refractivity contribution in [2.24, 2.45) is 5.92 Å². The smallest absolute Gasteiger partial charge is 0.232 e. The van der Waals surface area contributed by atoms with Gasteiger partial charge in [-0.25, -0.2) is 0 Å². The Bertz CT molecular complexity index is 396. The van der Waals surface area contributed by atoms with E-state index in [1.54, 1.807) is 0 Å². The Balaban J connectivity index is 1.75. The molecule has 70 valence electrons. The molecule has 2 aliphatic rings. The van der Waals surface area contributed by atoms with Gasteiger partial charge in [0.05, 0.1) is 12.0 Å². The van der Waals surface area contributed by atoms with Crippen molar-refractivity contribution in [3.63, 3.8) is 0 Å². The zero-order chi connectivity index (χ0) is 9.54. The van der Waals surface area contributed by atoms with Crippen LogP contribution >= 0.6 is 0 Å². The summed E-state index contributed by atoms with van der Waals surface area (Å²) in [4.78, 5) is 13.4. The summed E-state index contributed by atoms with van der Waals surface area (Å²) in [5.74, 6) is 0.486. The number of likely N-dealkylation sites (tertiary alicyclic amines) is 1. The Hall–Kier alpha value is -1.57. The Morgan fingerprint density at radius 2 is 1.93 bits per heavy atom. The van der Waals surface area contributed by atoms with E-state index >= 15 is 0 Å². The Labute approximate surface area is 82.8 Å². The highest BCUT2D eigenvalue weighted by atomic mass is 16.2. The molecule has 0 unspecified atom stereocenters. The first-order valence-electron chi connectivity index (χ1n) is 4.89. The number of benzene rings is 1. The third-order valence-corrected chi connectivity index (χ3v) is 3.01. The second-order valence-electron chi connectivity index (χ2n) is 3.85.